The molecule has 0 saturated carbocycles. The van der Waals surface area contributed by atoms with Crippen molar-refractivity contribution in [2.24, 2.45) is 0 Å². The first-order valence-electron chi connectivity index (χ1n) is 10.7. The van der Waals surface area contributed by atoms with Crippen LogP contribution in [0.15, 0.2) is 85.5 Å². The number of allylic oxidation sites excluding steroid dienone is 1. The number of hydrogen-bond acceptors (Lipinski definition) is 3. The highest BCUT2D eigenvalue weighted by Gasteiger charge is 2.15. The second-order valence-electron chi connectivity index (χ2n) is 7.53. The van der Waals surface area contributed by atoms with E-state index in [1.165, 1.54) is 16.3 Å². The van der Waals surface area contributed by atoms with Gasteiger partial charge in [-0.25, -0.2) is 0 Å². The number of benzene rings is 3. The van der Waals surface area contributed by atoms with E-state index < -0.39 is 11.8 Å². The van der Waals surface area contributed by atoms with Gasteiger partial charge in [0.25, 0.3) is 0 Å². The van der Waals surface area contributed by atoms with Crippen LogP contribution in [-0.2, 0) is 16.1 Å². The maximum Gasteiger partial charge on any atom is 0.309 e. The van der Waals surface area contributed by atoms with Gasteiger partial charge in [-0.2, -0.15) is 0 Å². The largest absolute Gasteiger partial charge is 0.378 e. The Bertz CT molecular complexity index is 1150. The van der Waals surface area contributed by atoms with E-state index in [9.17, 15) is 9.59 Å². The highest BCUT2D eigenvalue weighted by Crippen LogP contribution is 2.26. The summed E-state index contributed by atoms with van der Waals surface area (Å²) in [5.41, 5.74) is 3.72. The molecule has 0 spiro atoms. The molecule has 5 heteroatoms. The molecule has 5 nitrogen and oxygen atoms in total. The van der Waals surface area contributed by atoms with E-state index in [4.69, 9.17) is 0 Å². The monoisotopic (exact) mass is 427 g/mol. The van der Waals surface area contributed by atoms with Crippen molar-refractivity contribution in [3.8, 4) is 0 Å². The molecule has 1 atom stereocenters. The Hall–Kier alpha value is -3.86. The van der Waals surface area contributed by atoms with Crippen LogP contribution < -0.4 is 16.0 Å². The molecule has 0 aliphatic rings. The van der Waals surface area contributed by atoms with Crippen LogP contribution in [0.2, 0.25) is 0 Å². The fourth-order valence-electron chi connectivity index (χ4n) is 3.62. The SMILES string of the molecule is C=C(NC(C)c1cccc2ccccc12)c1ccccc1CNC(=O)C(=O)NC/C=C\C. The predicted molar refractivity (Wildman–Crippen MR) is 131 cm³/mol. The molecule has 1 unspecified atom stereocenters. The van der Waals surface area contributed by atoms with E-state index in [0.29, 0.717) is 6.54 Å². The Kier molecular flexibility index (Phi) is 7.81. The Labute approximate surface area is 189 Å². The van der Waals surface area contributed by atoms with Gasteiger partial charge in [0, 0.05) is 30.4 Å². The fourth-order valence-corrected chi connectivity index (χ4v) is 3.62. The minimum atomic E-state index is -0.660. The second kappa shape index (κ2) is 11.0. The number of carbonyl (C=O) groups excluding carboxylic acids is 2. The van der Waals surface area contributed by atoms with Crippen LogP contribution >= 0.6 is 0 Å². The lowest BCUT2D eigenvalue weighted by atomic mass is 9.98. The summed E-state index contributed by atoms with van der Waals surface area (Å²) in [4.78, 5) is 24.0. The van der Waals surface area contributed by atoms with E-state index in [1.54, 1.807) is 6.08 Å². The first kappa shape index (κ1) is 22.8. The molecule has 0 saturated heterocycles. The van der Waals surface area contributed by atoms with Gasteiger partial charge in [0.1, 0.15) is 0 Å². The van der Waals surface area contributed by atoms with Gasteiger partial charge >= 0.3 is 11.8 Å². The smallest absolute Gasteiger partial charge is 0.309 e. The number of carbonyl (C=O) groups is 2. The lowest BCUT2D eigenvalue weighted by Crippen LogP contribution is -2.39. The van der Waals surface area contributed by atoms with Crippen LogP contribution in [0.1, 0.15) is 36.6 Å². The average molecular weight is 428 g/mol. The highest BCUT2D eigenvalue weighted by atomic mass is 16.2. The average Bonchev–Trinajstić information content (AvgIpc) is 2.82. The minimum Gasteiger partial charge on any atom is -0.378 e. The van der Waals surface area contributed by atoms with Gasteiger partial charge in [-0.1, -0.05) is 85.5 Å². The predicted octanol–water partition coefficient (Wildman–Crippen LogP) is 4.47. The quantitative estimate of drug-likeness (QED) is 0.367. The zero-order valence-electron chi connectivity index (χ0n) is 18.5. The molecule has 0 aliphatic carbocycles. The van der Waals surface area contributed by atoms with Crippen molar-refractivity contribution < 1.29 is 9.59 Å². The lowest BCUT2D eigenvalue weighted by molar-refractivity contribution is -0.139. The van der Waals surface area contributed by atoms with Crippen molar-refractivity contribution in [3.05, 3.63) is 102 Å². The molecule has 0 aromatic heterocycles. The van der Waals surface area contributed by atoms with Gasteiger partial charge in [-0.15, -0.1) is 0 Å². The molecular weight excluding hydrogens is 398 g/mol. The van der Waals surface area contributed by atoms with E-state index in [-0.39, 0.29) is 12.6 Å². The zero-order chi connectivity index (χ0) is 22.9. The fraction of sp³-hybridized carbons (Fsp3) is 0.185. The zero-order valence-corrected chi connectivity index (χ0v) is 18.5. The van der Waals surface area contributed by atoms with E-state index in [2.05, 4.69) is 59.8 Å². The standard InChI is InChI=1S/C27H29N3O2/c1-4-5-17-28-26(31)27(32)29-18-22-12-7-8-14-23(22)19(2)30-20(3)24-16-10-13-21-11-6-9-15-25(21)24/h4-16,20,30H,2,17-18H2,1,3H3,(H,28,31)(H,29,32)/b5-4-. The molecule has 3 N–H and O–H groups in total. The van der Waals surface area contributed by atoms with E-state index in [0.717, 1.165) is 16.8 Å². The third-order valence-electron chi connectivity index (χ3n) is 5.28. The maximum atomic E-state index is 12.1. The van der Waals surface area contributed by atoms with Crippen LogP contribution in [0.3, 0.4) is 0 Å². The summed E-state index contributed by atoms with van der Waals surface area (Å²) in [5, 5.41) is 11.1. The maximum absolute atomic E-state index is 12.1. The molecule has 0 aliphatic heterocycles. The van der Waals surface area contributed by atoms with Gasteiger partial charge in [-0.3, -0.25) is 9.59 Å². The molecule has 0 radical (unpaired) electrons. The Morgan fingerprint density at radius 1 is 0.938 bits per heavy atom. The lowest BCUT2D eigenvalue weighted by Gasteiger charge is -2.21. The molecular formula is C27H29N3O2. The molecule has 0 bridgehead atoms. The van der Waals surface area contributed by atoms with Crippen LogP contribution in [0.25, 0.3) is 16.5 Å². The molecule has 3 aromatic rings. The van der Waals surface area contributed by atoms with Gasteiger partial charge in [0.05, 0.1) is 0 Å². The van der Waals surface area contributed by atoms with Crippen molar-refractivity contribution in [3.63, 3.8) is 0 Å². The van der Waals surface area contributed by atoms with Crippen molar-refractivity contribution in [1.82, 2.24) is 16.0 Å². The molecule has 164 valence electrons. The normalized spacial score (nSPS) is 11.8. The molecule has 0 fully saturated rings. The van der Waals surface area contributed by atoms with Crippen molar-refractivity contribution >= 4 is 28.3 Å². The van der Waals surface area contributed by atoms with Crippen LogP contribution in [0, 0.1) is 0 Å². The Balaban J connectivity index is 1.69. The van der Waals surface area contributed by atoms with Crippen molar-refractivity contribution in [2.75, 3.05) is 6.54 Å². The van der Waals surface area contributed by atoms with Gasteiger partial charge in [0.15, 0.2) is 0 Å². The van der Waals surface area contributed by atoms with Gasteiger partial charge in [0.2, 0.25) is 0 Å². The number of nitrogens with one attached hydrogen (secondary N) is 3. The number of fused-ring (bicyclic) bond motifs is 1. The summed E-state index contributed by atoms with van der Waals surface area (Å²) in [6.07, 6.45) is 3.58. The van der Waals surface area contributed by atoms with Crippen molar-refractivity contribution in [2.45, 2.75) is 26.4 Å². The number of amides is 2. The Morgan fingerprint density at radius 2 is 1.62 bits per heavy atom. The summed E-state index contributed by atoms with van der Waals surface area (Å²) < 4.78 is 0. The third kappa shape index (κ3) is 5.64. The molecule has 32 heavy (non-hydrogen) atoms. The van der Waals surface area contributed by atoms with Crippen LogP contribution in [0.4, 0.5) is 0 Å². The van der Waals surface area contributed by atoms with Crippen molar-refractivity contribution in [1.29, 1.82) is 0 Å². The van der Waals surface area contributed by atoms with Crippen LogP contribution in [0.5, 0.6) is 0 Å². The summed E-state index contributed by atoms with van der Waals surface area (Å²) in [5.74, 6) is -1.31. The summed E-state index contributed by atoms with van der Waals surface area (Å²) in [6.45, 7) is 8.75. The van der Waals surface area contributed by atoms with Crippen LogP contribution in [-0.4, -0.2) is 18.4 Å². The summed E-state index contributed by atoms with van der Waals surface area (Å²) >= 11 is 0. The number of rotatable bonds is 8. The third-order valence-corrected chi connectivity index (χ3v) is 5.28. The first-order valence-corrected chi connectivity index (χ1v) is 10.7. The van der Waals surface area contributed by atoms with Gasteiger partial charge in [-0.05, 0) is 35.7 Å². The molecule has 3 rings (SSSR count). The molecule has 3 aromatic carbocycles. The number of hydrogen-bond donors (Lipinski definition) is 3. The summed E-state index contributed by atoms with van der Waals surface area (Å²) in [6, 6.07) is 22.3. The molecule has 0 heterocycles. The van der Waals surface area contributed by atoms with E-state index in [1.807, 2.05) is 49.4 Å². The first-order chi connectivity index (χ1) is 15.5. The summed E-state index contributed by atoms with van der Waals surface area (Å²) in [7, 11) is 0. The second-order valence-corrected chi connectivity index (χ2v) is 7.53. The highest BCUT2D eigenvalue weighted by molar-refractivity contribution is 6.35. The van der Waals surface area contributed by atoms with E-state index >= 15 is 0 Å². The van der Waals surface area contributed by atoms with Gasteiger partial charge < -0.3 is 16.0 Å². The minimum absolute atomic E-state index is 0.0358. The Morgan fingerprint density at radius 3 is 2.44 bits per heavy atom. The molecule has 2 amide bonds. The topological polar surface area (TPSA) is 70.2 Å².